The molecule has 1 aromatic rings. The van der Waals surface area contributed by atoms with Crippen LogP contribution in [0, 0.1) is 0 Å². The van der Waals surface area contributed by atoms with E-state index >= 15 is 0 Å². The quantitative estimate of drug-likeness (QED) is 0.716. The van der Waals surface area contributed by atoms with Crippen LogP contribution < -0.4 is 9.47 Å². The van der Waals surface area contributed by atoms with Crippen LogP contribution in [0.25, 0.3) is 0 Å². The lowest BCUT2D eigenvalue weighted by molar-refractivity contribution is -0.137. The first kappa shape index (κ1) is 20.1. The normalized spacial score (nSPS) is 19.6. The smallest absolute Gasteiger partial charge is 0.466 e. The SMILES string of the molecule is COc1cc(Br)c(C(CC(=O)O)B2OC(C)(C)C(C)(C)O2)cc1OC. The first-order chi connectivity index (χ1) is 11.5. The lowest BCUT2D eigenvalue weighted by Gasteiger charge is -2.32. The Labute approximate surface area is 157 Å². The van der Waals surface area contributed by atoms with Crippen LogP contribution in [0.2, 0.25) is 0 Å². The first-order valence-electron chi connectivity index (χ1n) is 8.01. The largest absolute Gasteiger partial charge is 0.493 e. The van der Waals surface area contributed by atoms with Crippen molar-refractivity contribution >= 4 is 29.0 Å². The monoisotopic (exact) mass is 414 g/mol. The molecule has 1 aromatic carbocycles. The Morgan fingerprint density at radius 2 is 1.64 bits per heavy atom. The van der Waals surface area contributed by atoms with Crippen LogP contribution in [0.3, 0.4) is 0 Å². The Hall–Kier alpha value is -1.25. The summed E-state index contributed by atoms with van der Waals surface area (Å²) in [6.45, 7) is 7.76. The van der Waals surface area contributed by atoms with Gasteiger partial charge in [-0.3, -0.25) is 4.79 Å². The topological polar surface area (TPSA) is 74.2 Å². The molecule has 0 spiro atoms. The second-order valence-corrected chi connectivity index (χ2v) is 7.91. The molecule has 25 heavy (non-hydrogen) atoms. The molecule has 0 saturated carbocycles. The molecule has 0 aromatic heterocycles. The molecule has 1 aliphatic heterocycles. The van der Waals surface area contributed by atoms with E-state index in [0.29, 0.717) is 16.0 Å². The minimum Gasteiger partial charge on any atom is -0.493 e. The second kappa shape index (κ2) is 7.17. The molecule has 1 fully saturated rings. The fourth-order valence-corrected chi connectivity index (χ4v) is 3.36. The van der Waals surface area contributed by atoms with Crippen LogP contribution in [-0.2, 0) is 14.1 Å². The minimum atomic E-state index is -0.929. The Morgan fingerprint density at radius 3 is 2.08 bits per heavy atom. The molecule has 2 rings (SSSR count). The highest BCUT2D eigenvalue weighted by atomic mass is 79.9. The Kier molecular flexibility index (Phi) is 5.76. The molecule has 1 saturated heterocycles. The van der Waals surface area contributed by atoms with Gasteiger partial charge in [0, 0.05) is 10.3 Å². The summed E-state index contributed by atoms with van der Waals surface area (Å²) in [4.78, 5) is 11.5. The fraction of sp³-hybridized carbons (Fsp3) is 0.588. The van der Waals surface area contributed by atoms with Crippen molar-refractivity contribution in [2.45, 2.75) is 51.1 Å². The van der Waals surface area contributed by atoms with Crippen molar-refractivity contribution in [3.05, 3.63) is 22.2 Å². The number of aliphatic carboxylic acids is 1. The molecule has 8 heteroatoms. The minimum absolute atomic E-state index is 0.134. The summed E-state index contributed by atoms with van der Waals surface area (Å²) < 4.78 is 23.5. The molecule has 1 unspecified atom stereocenters. The summed E-state index contributed by atoms with van der Waals surface area (Å²) in [5.74, 6) is -0.358. The number of benzene rings is 1. The van der Waals surface area contributed by atoms with Crippen molar-refractivity contribution in [2.75, 3.05) is 14.2 Å². The Bertz CT molecular complexity index is 645. The average Bonchev–Trinajstić information content (AvgIpc) is 2.72. The van der Waals surface area contributed by atoms with Gasteiger partial charge in [-0.05, 0) is 45.4 Å². The summed E-state index contributed by atoms with van der Waals surface area (Å²) in [6.07, 6.45) is -0.134. The predicted molar refractivity (Wildman–Crippen MR) is 98.3 cm³/mol. The van der Waals surface area contributed by atoms with Gasteiger partial charge >= 0.3 is 13.1 Å². The molecule has 1 aliphatic rings. The number of methoxy groups -OCH3 is 2. The summed E-state index contributed by atoms with van der Waals surface area (Å²) >= 11 is 3.51. The van der Waals surface area contributed by atoms with Gasteiger partial charge in [0.25, 0.3) is 0 Å². The molecule has 0 amide bonds. The number of ether oxygens (including phenoxy) is 2. The zero-order chi connectivity index (χ0) is 19.0. The van der Waals surface area contributed by atoms with Crippen LogP contribution in [0.15, 0.2) is 16.6 Å². The average molecular weight is 415 g/mol. The maximum atomic E-state index is 11.5. The van der Waals surface area contributed by atoms with E-state index in [9.17, 15) is 9.90 Å². The standard InChI is InChI=1S/C17H24BBrO6/c1-16(2)17(3,4)25-18(24-16)11(8-15(20)21)10-7-13(22-5)14(23-6)9-12(10)19/h7,9,11H,8H2,1-6H3,(H,20,21). The van der Waals surface area contributed by atoms with Gasteiger partial charge in [0.05, 0.1) is 31.8 Å². The van der Waals surface area contributed by atoms with Crippen molar-refractivity contribution in [3.8, 4) is 11.5 Å². The van der Waals surface area contributed by atoms with Crippen molar-refractivity contribution < 1.29 is 28.7 Å². The van der Waals surface area contributed by atoms with E-state index in [1.54, 1.807) is 19.2 Å². The lowest BCUT2D eigenvalue weighted by Crippen LogP contribution is -2.41. The van der Waals surface area contributed by atoms with Gasteiger partial charge in [-0.15, -0.1) is 0 Å². The third kappa shape index (κ3) is 3.96. The van der Waals surface area contributed by atoms with E-state index in [1.807, 2.05) is 27.7 Å². The van der Waals surface area contributed by atoms with Crippen LogP contribution in [0.4, 0.5) is 0 Å². The van der Waals surface area contributed by atoms with Crippen molar-refractivity contribution in [2.24, 2.45) is 0 Å². The molecule has 0 bridgehead atoms. The second-order valence-electron chi connectivity index (χ2n) is 7.06. The molecular formula is C17H24BBrO6. The van der Waals surface area contributed by atoms with Gasteiger partial charge in [0.1, 0.15) is 0 Å². The highest BCUT2D eigenvalue weighted by molar-refractivity contribution is 9.10. The zero-order valence-corrected chi connectivity index (χ0v) is 17.0. The number of hydrogen-bond donors (Lipinski definition) is 1. The molecule has 6 nitrogen and oxygen atoms in total. The van der Waals surface area contributed by atoms with Gasteiger partial charge < -0.3 is 23.9 Å². The third-order valence-electron chi connectivity index (χ3n) is 4.90. The van der Waals surface area contributed by atoms with Gasteiger partial charge in [-0.2, -0.15) is 0 Å². The fourth-order valence-electron chi connectivity index (χ4n) is 2.75. The summed E-state index contributed by atoms with van der Waals surface area (Å²) in [6, 6.07) is 3.52. The first-order valence-corrected chi connectivity index (χ1v) is 8.80. The number of rotatable bonds is 6. The third-order valence-corrected chi connectivity index (χ3v) is 5.58. The molecule has 1 heterocycles. The summed E-state index contributed by atoms with van der Waals surface area (Å²) in [5, 5.41) is 9.40. The number of halogens is 1. The van der Waals surface area contributed by atoms with E-state index in [-0.39, 0.29) is 6.42 Å². The molecule has 1 N–H and O–H groups in total. The van der Waals surface area contributed by atoms with Crippen molar-refractivity contribution in [1.82, 2.24) is 0 Å². The van der Waals surface area contributed by atoms with E-state index in [1.165, 1.54) is 7.11 Å². The predicted octanol–water partition coefficient (Wildman–Crippen LogP) is 3.66. The van der Waals surface area contributed by atoms with E-state index in [2.05, 4.69) is 15.9 Å². The molecular weight excluding hydrogens is 391 g/mol. The maximum Gasteiger partial charge on any atom is 0.466 e. The van der Waals surface area contributed by atoms with Crippen LogP contribution >= 0.6 is 15.9 Å². The number of carbonyl (C=O) groups is 1. The highest BCUT2D eigenvalue weighted by Crippen LogP contribution is 2.45. The Balaban J connectivity index is 2.47. The van der Waals surface area contributed by atoms with Crippen molar-refractivity contribution in [1.29, 1.82) is 0 Å². The van der Waals surface area contributed by atoms with Gasteiger partial charge in [-0.25, -0.2) is 0 Å². The van der Waals surface area contributed by atoms with Crippen LogP contribution in [-0.4, -0.2) is 43.6 Å². The van der Waals surface area contributed by atoms with Gasteiger partial charge in [0.15, 0.2) is 11.5 Å². The number of carboxylic acid groups (broad SMARTS) is 1. The summed E-state index contributed by atoms with van der Waals surface area (Å²) in [7, 11) is 2.40. The molecule has 0 radical (unpaired) electrons. The zero-order valence-electron chi connectivity index (χ0n) is 15.4. The van der Waals surface area contributed by atoms with Crippen molar-refractivity contribution in [3.63, 3.8) is 0 Å². The van der Waals surface area contributed by atoms with Gasteiger partial charge in [-0.1, -0.05) is 15.9 Å². The van der Waals surface area contributed by atoms with E-state index in [4.69, 9.17) is 18.8 Å². The molecule has 0 aliphatic carbocycles. The van der Waals surface area contributed by atoms with Crippen LogP contribution in [0.5, 0.6) is 11.5 Å². The summed E-state index contributed by atoms with van der Waals surface area (Å²) in [5.41, 5.74) is -0.354. The number of hydrogen-bond acceptors (Lipinski definition) is 5. The maximum absolute atomic E-state index is 11.5. The van der Waals surface area contributed by atoms with Crippen LogP contribution in [0.1, 0.15) is 45.5 Å². The molecule has 138 valence electrons. The number of carboxylic acids is 1. The lowest BCUT2D eigenvalue weighted by atomic mass is 9.66. The van der Waals surface area contributed by atoms with E-state index < -0.39 is 30.1 Å². The van der Waals surface area contributed by atoms with E-state index in [0.717, 1.165) is 5.56 Å². The Morgan fingerprint density at radius 1 is 1.16 bits per heavy atom. The van der Waals surface area contributed by atoms with Gasteiger partial charge in [0.2, 0.25) is 0 Å². The highest BCUT2D eigenvalue weighted by Gasteiger charge is 2.54. The molecule has 1 atom stereocenters.